The zero-order valence-corrected chi connectivity index (χ0v) is 21.5. The Kier molecular flexibility index (Phi) is 12.3. The fourth-order valence-corrected chi connectivity index (χ4v) is 4.26. The van der Waals surface area contributed by atoms with E-state index in [9.17, 15) is 14.4 Å². The van der Waals surface area contributed by atoms with Gasteiger partial charge in [-0.05, 0) is 37.7 Å². The summed E-state index contributed by atoms with van der Waals surface area (Å²) in [6.45, 7) is 6.92. The Balaban J connectivity index is 2.34. The molecule has 190 valence electrons. The molecule has 0 amide bonds. The molecule has 0 radical (unpaired) electrons. The van der Waals surface area contributed by atoms with Crippen LogP contribution in [0.2, 0.25) is 0 Å². The highest BCUT2D eigenvalue weighted by Gasteiger charge is 2.50. The van der Waals surface area contributed by atoms with E-state index in [0.717, 1.165) is 77.0 Å². The predicted octanol–water partition coefficient (Wildman–Crippen LogP) is 6.95. The van der Waals surface area contributed by atoms with Crippen molar-refractivity contribution in [3.8, 4) is 0 Å². The maximum Gasteiger partial charge on any atom is 0.328 e. The Bertz CT molecular complexity index is 739. The number of unbranched alkanes of at least 4 members (excludes halogenated alkanes) is 7. The molecule has 0 aromatic heterocycles. The van der Waals surface area contributed by atoms with Gasteiger partial charge < -0.3 is 9.47 Å². The van der Waals surface area contributed by atoms with Crippen molar-refractivity contribution >= 4 is 17.7 Å². The molecule has 0 unspecified atom stereocenters. The molecule has 5 heteroatoms. The third-order valence-electron chi connectivity index (χ3n) is 6.67. The first-order chi connectivity index (χ1) is 16.5. The van der Waals surface area contributed by atoms with Gasteiger partial charge in [-0.2, -0.15) is 0 Å². The minimum absolute atomic E-state index is 0.122. The summed E-state index contributed by atoms with van der Waals surface area (Å²) in [4.78, 5) is 39.6. The molecule has 0 bridgehead atoms. The van der Waals surface area contributed by atoms with Crippen LogP contribution in [0, 0.1) is 5.92 Å². The summed E-state index contributed by atoms with van der Waals surface area (Å²) in [5.74, 6) is -0.787. The topological polar surface area (TPSA) is 69.7 Å². The third kappa shape index (κ3) is 7.95. The minimum atomic E-state index is -1.49. The van der Waals surface area contributed by atoms with Gasteiger partial charge in [0, 0.05) is 11.5 Å². The van der Waals surface area contributed by atoms with Crippen molar-refractivity contribution in [2.24, 2.45) is 5.92 Å². The average molecular weight is 473 g/mol. The van der Waals surface area contributed by atoms with Crippen LogP contribution in [0.25, 0.3) is 0 Å². The maximum atomic E-state index is 13.6. The zero-order chi connectivity index (χ0) is 24.8. The molecule has 0 spiro atoms. The predicted molar refractivity (Wildman–Crippen MR) is 135 cm³/mol. The first-order valence-corrected chi connectivity index (χ1v) is 13.5. The van der Waals surface area contributed by atoms with Crippen LogP contribution in [-0.2, 0) is 24.5 Å². The summed E-state index contributed by atoms with van der Waals surface area (Å²) in [5, 5.41) is 0. The molecule has 0 atom stereocenters. The van der Waals surface area contributed by atoms with Crippen molar-refractivity contribution in [1.82, 2.24) is 0 Å². The van der Waals surface area contributed by atoms with E-state index in [-0.39, 0.29) is 11.7 Å². The molecular formula is C29H44O5. The highest BCUT2D eigenvalue weighted by molar-refractivity contribution is 6.06. The lowest BCUT2D eigenvalue weighted by Gasteiger charge is -2.30. The Hall–Kier alpha value is -2.17. The van der Waals surface area contributed by atoms with Crippen LogP contribution in [-0.4, -0.2) is 30.9 Å². The average Bonchev–Trinajstić information content (AvgIpc) is 3.70. The van der Waals surface area contributed by atoms with Gasteiger partial charge in [-0.3, -0.25) is 14.4 Å². The van der Waals surface area contributed by atoms with E-state index in [1.807, 2.05) is 0 Å². The van der Waals surface area contributed by atoms with Gasteiger partial charge in [-0.25, -0.2) is 0 Å². The second kappa shape index (κ2) is 15.0. The molecule has 5 nitrogen and oxygen atoms in total. The number of Topliss-reactive ketones (excluding diaryl/α,β-unsaturated/α-hetero) is 1. The standard InChI is InChI=1S/C29H44O5/c1-4-7-10-11-20-29(27(31)33-21-12-8-5-2,28(32)34-22-13-9-6-3)25-18-16-24(17-19-25)26(30)23-14-15-23/h16-19,23H,4-15,20-22H2,1-3H3. The molecule has 1 aliphatic carbocycles. The van der Waals surface area contributed by atoms with Crippen LogP contribution >= 0.6 is 0 Å². The molecule has 34 heavy (non-hydrogen) atoms. The van der Waals surface area contributed by atoms with E-state index in [0.29, 0.717) is 30.8 Å². The summed E-state index contributed by atoms with van der Waals surface area (Å²) in [6.07, 6.45) is 11.5. The maximum absolute atomic E-state index is 13.6. The van der Waals surface area contributed by atoms with E-state index in [2.05, 4.69) is 20.8 Å². The first-order valence-electron chi connectivity index (χ1n) is 13.5. The van der Waals surface area contributed by atoms with E-state index >= 15 is 0 Å². The Labute approximate surface area is 206 Å². The number of carbonyl (C=O) groups excluding carboxylic acids is 3. The fourth-order valence-electron chi connectivity index (χ4n) is 4.26. The van der Waals surface area contributed by atoms with Gasteiger partial charge in [0.1, 0.15) is 0 Å². The molecule has 1 aliphatic rings. The van der Waals surface area contributed by atoms with Crippen LogP contribution in [0.3, 0.4) is 0 Å². The van der Waals surface area contributed by atoms with Gasteiger partial charge in [-0.15, -0.1) is 0 Å². The molecule has 0 aliphatic heterocycles. The lowest BCUT2D eigenvalue weighted by Crippen LogP contribution is -2.46. The first kappa shape index (κ1) is 28.1. The van der Waals surface area contributed by atoms with Crippen molar-refractivity contribution in [1.29, 1.82) is 0 Å². The molecule has 1 aromatic rings. The van der Waals surface area contributed by atoms with Crippen molar-refractivity contribution in [3.05, 3.63) is 35.4 Å². The summed E-state index contributed by atoms with van der Waals surface area (Å²) in [6, 6.07) is 7.03. The molecule has 1 saturated carbocycles. The quantitative estimate of drug-likeness (QED) is 0.1000. The van der Waals surface area contributed by atoms with Crippen LogP contribution in [0.5, 0.6) is 0 Å². The van der Waals surface area contributed by atoms with Crippen molar-refractivity contribution in [2.75, 3.05) is 13.2 Å². The Morgan fingerprint density at radius 3 is 1.71 bits per heavy atom. The molecular weight excluding hydrogens is 428 g/mol. The number of hydrogen-bond donors (Lipinski definition) is 0. The molecule has 1 fully saturated rings. The molecule has 0 saturated heterocycles. The third-order valence-corrected chi connectivity index (χ3v) is 6.67. The summed E-state index contributed by atoms with van der Waals surface area (Å²) in [5.41, 5.74) is -0.288. The monoisotopic (exact) mass is 472 g/mol. The zero-order valence-electron chi connectivity index (χ0n) is 21.5. The molecule has 0 N–H and O–H groups in total. The number of esters is 2. The number of carbonyl (C=O) groups is 3. The largest absolute Gasteiger partial charge is 0.465 e. The van der Waals surface area contributed by atoms with Crippen molar-refractivity contribution in [2.45, 2.75) is 110 Å². The summed E-state index contributed by atoms with van der Waals surface area (Å²) >= 11 is 0. The smallest absolute Gasteiger partial charge is 0.328 e. The number of ether oxygens (including phenoxy) is 2. The van der Waals surface area contributed by atoms with Gasteiger partial charge in [0.2, 0.25) is 0 Å². The van der Waals surface area contributed by atoms with E-state index in [1.165, 1.54) is 0 Å². The minimum Gasteiger partial charge on any atom is -0.465 e. The van der Waals surface area contributed by atoms with Crippen LogP contribution < -0.4 is 0 Å². The molecule has 2 rings (SSSR count). The van der Waals surface area contributed by atoms with Crippen LogP contribution in [0.4, 0.5) is 0 Å². The van der Waals surface area contributed by atoms with Gasteiger partial charge in [0.25, 0.3) is 0 Å². The van der Waals surface area contributed by atoms with Crippen molar-refractivity contribution < 1.29 is 23.9 Å². The molecule has 1 aromatic carbocycles. The number of rotatable bonds is 18. The highest BCUT2D eigenvalue weighted by Crippen LogP contribution is 2.36. The van der Waals surface area contributed by atoms with E-state index in [4.69, 9.17) is 9.47 Å². The lowest BCUT2D eigenvalue weighted by atomic mass is 9.75. The van der Waals surface area contributed by atoms with Gasteiger partial charge >= 0.3 is 11.9 Å². The number of ketones is 1. The number of hydrogen-bond acceptors (Lipinski definition) is 5. The Morgan fingerprint density at radius 1 is 0.735 bits per heavy atom. The van der Waals surface area contributed by atoms with Gasteiger partial charge in [0.15, 0.2) is 11.2 Å². The van der Waals surface area contributed by atoms with Gasteiger partial charge in [-0.1, -0.05) is 96.4 Å². The van der Waals surface area contributed by atoms with E-state index in [1.54, 1.807) is 24.3 Å². The van der Waals surface area contributed by atoms with Crippen LogP contribution in [0.1, 0.15) is 120 Å². The fraction of sp³-hybridized carbons (Fsp3) is 0.690. The van der Waals surface area contributed by atoms with E-state index < -0.39 is 17.4 Å². The SMILES string of the molecule is CCCCCCC(C(=O)OCCCCC)(C(=O)OCCCCC)c1ccc(C(=O)C2CC2)cc1. The van der Waals surface area contributed by atoms with Gasteiger partial charge in [0.05, 0.1) is 13.2 Å². The molecule has 0 heterocycles. The normalized spacial score (nSPS) is 13.5. The second-order valence-electron chi connectivity index (χ2n) is 9.62. The summed E-state index contributed by atoms with van der Waals surface area (Å²) in [7, 11) is 0. The van der Waals surface area contributed by atoms with Crippen LogP contribution in [0.15, 0.2) is 24.3 Å². The van der Waals surface area contributed by atoms with Crippen molar-refractivity contribution in [3.63, 3.8) is 0 Å². The second-order valence-corrected chi connectivity index (χ2v) is 9.62. The summed E-state index contributed by atoms with van der Waals surface area (Å²) < 4.78 is 11.4. The Morgan fingerprint density at radius 2 is 1.24 bits per heavy atom. The number of benzene rings is 1. The highest BCUT2D eigenvalue weighted by atomic mass is 16.6. The lowest BCUT2D eigenvalue weighted by molar-refractivity contribution is -0.166.